The van der Waals surface area contributed by atoms with Crippen LogP contribution >= 0.6 is 0 Å². The molecule has 4 N–H and O–H groups in total. The summed E-state index contributed by atoms with van der Waals surface area (Å²) in [5.41, 5.74) is 6.06. The molecule has 184 valence electrons. The molecular formula is C24H38N4O5. The fraction of sp³-hybridized carbons (Fsp3) is 0.583. The van der Waals surface area contributed by atoms with E-state index in [0.717, 1.165) is 18.4 Å². The van der Waals surface area contributed by atoms with E-state index in [-0.39, 0.29) is 12.5 Å². The molecule has 33 heavy (non-hydrogen) atoms. The number of carbonyl (C=O) groups excluding carboxylic acids is 4. The Labute approximate surface area is 196 Å². The predicted molar refractivity (Wildman–Crippen MR) is 126 cm³/mol. The summed E-state index contributed by atoms with van der Waals surface area (Å²) in [5, 5.41) is 5.34. The number of alkyl carbamates (subject to hydrolysis) is 1. The highest BCUT2D eigenvalue weighted by Crippen LogP contribution is 2.25. The van der Waals surface area contributed by atoms with Crippen molar-refractivity contribution in [1.29, 1.82) is 0 Å². The molecule has 2 atom stereocenters. The third kappa shape index (κ3) is 9.11. The average molecular weight is 463 g/mol. The van der Waals surface area contributed by atoms with Gasteiger partial charge < -0.3 is 26.0 Å². The lowest BCUT2D eigenvalue weighted by atomic mass is 9.97. The molecule has 9 nitrogen and oxygen atoms in total. The molecule has 1 aromatic rings. The minimum atomic E-state index is -1.27. The average Bonchev–Trinajstić information content (AvgIpc) is 2.70. The first-order valence-electron chi connectivity index (χ1n) is 11.3. The van der Waals surface area contributed by atoms with Gasteiger partial charge in [-0.25, -0.2) is 4.79 Å². The smallest absolute Gasteiger partial charge is 0.408 e. The van der Waals surface area contributed by atoms with Crippen LogP contribution < -0.4 is 16.4 Å². The van der Waals surface area contributed by atoms with Gasteiger partial charge in [-0.15, -0.1) is 0 Å². The summed E-state index contributed by atoms with van der Waals surface area (Å²) in [7, 11) is 0. The zero-order valence-corrected chi connectivity index (χ0v) is 20.6. The summed E-state index contributed by atoms with van der Waals surface area (Å²) in [5.74, 6) is -1.69. The number of primary amides is 1. The Bertz CT molecular complexity index is 834. The minimum Gasteiger partial charge on any atom is -0.444 e. The SMILES string of the molecule is CCCCNC(=O)C(c1ccccc1C)N(CC)C(=O)C(CC(N)=O)NC(=O)OC(C)(C)C. The summed E-state index contributed by atoms with van der Waals surface area (Å²) in [6, 6.07) is 5.10. The van der Waals surface area contributed by atoms with Crippen molar-refractivity contribution in [1.82, 2.24) is 15.5 Å². The number of benzene rings is 1. The third-order valence-electron chi connectivity index (χ3n) is 4.89. The Kier molecular flexibility index (Phi) is 10.8. The van der Waals surface area contributed by atoms with Crippen LogP contribution in [0.3, 0.4) is 0 Å². The largest absolute Gasteiger partial charge is 0.444 e. The zero-order chi connectivity index (χ0) is 25.2. The van der Waals surface area contributed by atoms with Crippen molar-refractivity contribution >= 4 is 23.8 Å². The molecule has 0 aliphatic heterocycles. The summed E-state index contributed by atoms with van der Waals surface area (Å²) in [6.07, 6.45) is 0.438. The molecule has 1 aromatic carbocycles. The monoisotopic (exact) mass is 462 g/mol. The van der Waals surface area contributed by atoms with Gasteiger partial charge in [0.25, 0.3) is 0 Å². The van der Waals surface area contributed by atoms with E-state index >= 15 is 0 Å². The molecule has 0 spiro atoms. The van der Waals surface area contributed by atoms with Gasteiger partial charge in [0.1, 0.15) is 17.7 Å². The lowest BCUT2D eigenvalue weighted by molar-refractivity contribution is -0.143. The van der Waals surface area contributed by atoms with Crippen LogP contribution in [0.25, 0.3) is 0 Å². The zero-order valence-electron chi connectivity index (χ0n) is 20.6. The molecular weight excluding hydrogens is 424 g/mol. The van der Waals surface area contributed by atoms with Gasteiger partial charge in [-0.2, -0.15) is 0 Å². The maximum atomic E-state index is 13.5. The fourth-order valence-electron chi connectivity index (χ4n) is 3.35. The number of hydrogen-bond donors (Lipinski definition) is 3. The van der Waals surface area contributed by atoms with Crippen LogP contribution in [0.4, 0.5) is 4.79 Å². The first-order valence-corrected chi connectivity index (χ1v) is 11.3. The van der Waals surface area contributed by atoms with Crippen molar-refractivity contribution < 1.29 is 23.9 Å². The summed E-state index contributed by atoms with van der Waals surface area (Å²) in [6.45, 7) is 11.3. The highest BCUT2D eigenvalue weighted by Gasteiger charge is 2.36. The lowest BCUT2D eigenvalue weighted by Crippen LogP contribution is -2.54. The summed E-state index contributed by atoms with van der Waals surface area (Å²) >= 11 is 0. The first kappa shape index (κ1) is 27.9. The van der Waals surface area contributed by atoms with Crippen molar-refractivity contribution in [2.45, 2.75) is 78.5 Å². The number of unbranched alkanes of at least 4 members (excludes halogenated alkanes) is 1. The Morgan fingerprint density at radius 2 is 1.76 bits per heavy atom. The van der Waals surface area contributed by atoms with Crippen molar-refractivity contribution in [2.75, 3.05) is 13.1 Å². The number of nitrogens with zero attached hydrogens (tertiary/aromatic N) is 1. The first-order chi connectivity index (χ1) is 15.4. The quantitative estimate of drug-likeness (QED) is 0.435. The normalized spacial score (nSPS) is 12.9. The van der Waals surface area contributed by atoms with E-state index < -0.39 is 42.0 Å². The maximum Gasteiger partial charge on any atom is 0.408 e. The highest BCUT2D eigenvalue weighted by atomic mass is 16.6. The molecule has 0 aliphatic rings. The van der Waals surface area contributed by atoms with Crippen LogP contribution in [0.2, 0.25) is 0 Å². The van der Waals surface area contributed by atoms with Crippen LogP contribution in [0, 0.1) is 6.92 Å². The Balaban J connectivity index is 3.32. The summed E-state index contributed by atoms with van der Waals surface area (Å²) in [4.78, 5) is 52.1. The molecule has 0 fully saturated rings. The van der Waals surface area contributed by atoms with Gasteiger partial charge in [0.05, 0.1) is 6.42 Å². The van der Waals surface area contributed by atoms with Crippen LogP contribution in [-0.2, 0) is 19.1 Å². The van der Waals surface area contributed by atoms with Crippen molar-refractivity contribution in [3.8, 4) is 0 Å². The van der Waals surface area contributed by atoms with E-state index in [4.69, 9.17) is 10.5 Å². The van der Waals surface area contributed by atoms with E-state index in [0.29, 0.717) is 12.1 Å². The fourth-order valence-corrected chi connectivity index (χ4v) is 3.35. The van der Waals surface area contributed by atoms with Crippen molar-refractivity contribution in [2.24, 2.45) is 5.73 Å². The number of nitrogens with one attached hydrogen (secondary N) is 2. The molecule has 9 heteroatoms. The van der Waals surface area contributed by atoms with Gasteiger partial charge in [-0.3, -0.25) is 14.4 Å². The van der Waals surface area contributed by atoms with Crippen molar-refractivity contribution in [3.05, 3.63) is 35.4 Å². The topological polar surface area (TPSA) is 131 Å². The maximum absolute atomic E-state index is 13.5. The van der Waals surface area contributed by atoms with E-state index in [2.05, 4.69) is 10.6 Å². The van der Waals surface area contributed by atoms with Crippen LogP contribution in [0.1, 0.15) is 71.0 Å². The van der Waals surface area contributed by atoms with Gasteiger partial charge in [-0.1, -0.05) is 37.6 Å². The number of aryl methyl sites for hydroxylation is 1. The van der Waals surface area contributed by atoms with E-state index in [1.54, 1.807) is 39.8 Å². The summed E-state index contributed by atoms with van der Waals surface area (Å²) < 4.78 is 5.24. The van der Waals surface area contributed by atoms with Gasteiger partial charge in [0.2, 0.25) is 17.7 Å². The third-order valence-corrected chi connectivity index (χ3v) is 4.89. The predicted octanol–water partition coefficient (Wildman–Crippen LogP) is 2.57. The molecule has 0 aliphatic carbocycles. The number of likely N-dealkylation sites (N-methyl/N-ethyl adjacent to an activating group) is 1. The van der Waals surface area contributed by atoms with Crippen LogP contribution in [-0.4, -0.2) is 53.4 Å². The second-order valence-electron chi connectivity index (χ2n) is 8.90. The van der Waals surface area contributed by atoms with E-state index in [1.165, 1.54) is 4.90 Å². The second kappa shape index (κ2) is 12.8. The van der Waals surface area contributed by atoms with E-state index in [9.17, 15) is 19.2 Å². The highest BCUT2D eigenvalue weighted by molar-refractivity contribution is 5.94. The molecule has 4 amide bonds. The number of nitrogens with two attached hydrogens (primary N) is 1. The molecule has 0 radical (unpaired) electrons. The van der Waals surface area contributed by atoms with E-state index in [1.807, 2.05) is 26.0 Å². The van der Waals surface area contributed by atoms with Crippen LogP contribution in [0.5, 0.6) is 0 Å². The lowest BCUT2D eigenvalue weighted by Gasteiger charge is -2.34. The molecule has 2 unspecified atom stereocenters. The van der Waals surface area contributed by atoms with Crippen molar-refractivity contribution in [3.63, 3.8) is 0 Å². The number of ether oxygens (including phenoxy) is 1. The number of amides is 4. The Morgan fingerprint density at radius 3 is 2.27 bits per heavy atom. The van der Waals surface area contributed by atoms with Crippen LogP contribution in [0.15, 0.2) is 24.3 Å². The second-order valence-corrected chi connectivity index (χ2v) is 8.90. The van der Waals surface area contributed by atoms with Gasteiger partial charge >= 0.3 is 6.09 Å². The molecule has 0 saturated carbocycles. The standard InChI is InChI=1S/C24H38N4O5/c1-7-9-14-26-21(30)20(17-13-11-10-12-16(17)3)28(8-2)22(31)18(15-19(25)29)27-23(32)33-24(4,5)6/h10-13,18,20H,7-9,14-15H2,1-6H3,(H2,25,29)(H,26,30)(H,27,32). The number of rotatable bonds is 11. The number of hydrogen-bond acceptors (Lipinski definition) is 5. The molecule has 1 rings (SSSR count). The number of carbonyl (C=O) groups is 4. The van der Waals surface area contributed by atoms with Gasteiger partial charge in [-0.05, 0) is 52.2 Å². The Hall–Kier alpha value is -3.10. The molecule has 0 heterocycles. The van der Waals surface area contributed by atoms with Gasteiger partial charge in [0.15, 0.2) is 0 Å². The minimum absolute atomic E-state index is 0.171. The molecule has 0 bridgehead atoms. The molecule has 0 saturated heterocycles. The Morgan fingerprint density at radius 1 is 1.12 bits per heavy atom. The van der Waals surface area contributed by atoms with Gasteiger partial charge in [0, 0.05) is 13.1 Å². The molecule has 0 aromatic heterocycles.